The molecule has 0 spiro atoms. The number of hydrogen-bond donors (Lipinski definition) is 0. The smallest absolute Gasteiger partial charge is 0.0716 e. The highest BCUT2D eigenvalue weighted by Gasteiger charge is 2.20. The molecule has 1 radical (unpaired) electrons. The molecule has 0 unspecified atom stereocenters. The molecule has 101 valence electrons. The molecule has 0 saturated heterocycles. The van der Waals surface area contributed by atoms with Crippen molar-refractivity contribution in [2.24, 2.45) is 0 Å². The highest BCUT2D eigenvalue weighted by molar-refractivity contribution is 5.35. The van der Waals surface area contributed by atoms with E-state index < -0.39 is 0 Å². The minimum absolute atomic E-state index is 0.127. The Labute approximate surface area is 113 Å². The topological polar surface area (TPSA) is 9.23 Å². The van der Waals surface area contributed by atoms with Gasteiger partial charge in [-0.1, -0.05) is 53.7 Å². The van der Waals surface area contributed by atoms with Crippen molar-refractivity contribution in [3.05, 3.63) is 34.9 Å². The van der Waals surface area contributed by atoms with Crippen LogP contribution in [0.2, 0.25) is 0 Å². The van der Waals surface area contributed by atoms with Gasteiger partial charge in [-0.05, 0) is 40.5 Å². The van der Waals surface area contributed by atoms with Crippen LogP contribution >= 0.6 is 0 Å². The lowest BCUT2D eigenvalue weighted by molar-refractivity contribution is 0.134. The van der Waals surface area contributed by atoms with Crippen molar-refractivity contribution < 1.29 is 4.74 Å². The first-order chi connectivity index (χ1) is 8.14. The molecule has 1 aromatic carbocycles. The van der Waals surface area contributed by atoms with Gasteiger partial charge in [0.05, 0.1) is 6.61 Å². The van der Waals surface area contributed by atoms with Crippen molar-refractivity contribution in [3.8, 4) is 0 Å². The van der Waals surface area contributed by atoms with Gasteiger partial charge in [-0.3, -0.25) is 0 Å². The van der Waals surface area contributed by atoms with Crippen molar-refractivity contribution in [2.75, 3.05) is 6.61 Å². The highest BCUT2D eigenvalue weighted by Crippen LogP contribution is 2.29. The van der Waals surface area contributed by atoms with Crippen LogP contribution in [0.15, 0.2) is 12.1 Å². The second-order valence-corrected chi connectivity index (χ2v) is 6.95. The zero-order chi connectivity index (χ0) is 14.0. The number of hydrogen-bond acceptors (Lipinski definition) is 1. The molecule has 0 heterocycles. The Morgan fingerprint density at radius 2 is 1.39 bits per heavy atom. The molecule has 1 rings (SSSR count). The molecule has 1 nitrogen and oxygen atoms in total. The quantitative estimate of drug-likeness (QED) is 0.757. The molecule has 0 aromatic heterocycles. The molecule has 0 aliphatic heterocycles. The summed E-state index contributed by atoms with van der Waals surface area (Å²) >= 11 is 0. The first-order valence-electron chi connectivity index (χ1n) is 6.79. The van der Waals surface area contributed by atoms with Gasteiger partial charge < -0.3 is 4.74 Å². The van der Waals surface area contributed by atoms with Gasteiger partial charge in [-0.15, -0.1) is 0 Å². The summed E-state index contributed by atoms with van der Waals surface area (Å²) in [5.74, 6) is 0. The van der Waals surface area contributed by atoms with E-state index in [2.05, 4.69) is 59.7 Å². The van der Waals surface area contributed by atoms with E-state index in [9.17, 15) is 0 Å². The van der Waals surface area contributed by atoms with Crippen LogP contribution in [0.5, 0.6) is 0 Å². The standard InChI is InChI=1S/C17H27O/c1-8-18-12-13-9-14(16(2,3)4)11-15(10-13)17(5,6)7/h9-10H,8,12H2,1-7H3. The van der Waals surface area contributed by atoms with Gasteiger partial charge in [0, 0.05) is 6.61 Å². The lowest BCUT2D eigenvalue weighted by atomic mass is 9.79. The zero-order valence-electron chi connectivity index (χ0n) is 13.0. The van der Waals surface area contributed by atoms with E-state index in [4.69, 9.17) is 4.74 Å². The maximum Gasteiger partial charge on any atom is 0.0716 e. The summed E-state index contributed by atoms with van der Waals surface area (Å²) < 4.78 is 5.54. The third kappa shape index (κ3) is 4.13. The lowest BCUT2D eigenvalue weighted by Crippen LogP contribution is -2.17. The van der Waals surface area contributed by atoms with Crippen LogP contribution in [0, 0.1) is 6.07 Å². The predicted molar refractivity (Wildman–Crippen MR) is 78.0 cm³/mol. The van der Waals surface area contributed by atoms with Crippen LogP contribution < -0.4 is 0 Å². The normalized spacial score (nSPS) is 12.8. The van der Waals surface area contributed by atoms with Gasteiger partial charge >= 0.3 is 0 Å². The Hall–Kier alpha value is -0.820. The van der Waals surface area contributed by atoms with Crippen LogP contribution in [-0.2, 0) is 22.2 Å². The third-order valence-electron chi connectivity index (χ3n) is 3.02. The molecule has 1 heteroatoms. The van der Waals surface area contributed by atoms with Crippen molar-refractivity contribution in [3.63, 3.8) is 0 Å². The third-order valence-corrected chi connectivity index (χ3v) is 3.02. The summed E-state index contributed by atoms with van der Waals surface area (Å²) in [7, 11) is 0. The molecular weight excluding hydrogens is 220 g/mol. The van der Waals surface area contributed by atoms with Crippen molar-refractivity contribution in [2.45, 2.75) is 65.9 Å². The molecular formula is C17H27O. The summed E-state index contributed by atoms with van der Waals surface area (Å²) in [4.78, 5) is 0. The van der Waals surface area contributed by atoms with Crippen LogP contribution in [-0.4, -0.2) is 6.61 Å². The number of ether oxygens (including phenoxy) is 1. The number of benzene rings is 1. The van der Waals surface area contributed by atoms with Crippen LogP contribution in [0.25, 0.3) is 0 Å². The van der Waals surface area contributed by atoms with Gasteiger partial charge in [-0.25, -0.2) is 0 Å². The van der Waals surface area contributed by atoms with Gasteiger partial charge in [0.25, 0.3) is 0 Å². The van der Waals surface area contributed by atoms with Crippen molar-refractivity contribution >= 4 is 0 Å². The Balaban J connectivity index is 3.21. The molecule has 18 heavy (non-hydrogen) atoms. The molecule has 0 N–H and O–H groups in total. The molecule has 0 fully saturated rings. The van der Waals surface area contributed by atoms with E-state index in [0.717, 1.165) is 6.61 Å². The Kier molecular flexibility index (Phi) is 4.61. The van der Waals surface area contributed by atoms with Crippen LogP contribution in [0.1, 0.15) is 65.2 Å². The molecule has 0 amide bonds. The van der Waals surface area contributed by atoms with Crippen molar-refractivity contribution in [1.82, 2.24) is 0 Å². The van der Waals surface area contributed by atoms with Gasteiger partial charge in [-0.2, -0.15) is 0 Å². The molecule has 1 aromatic rings. The molecule has 0 aliphatic rings. The average Bonchev–Trinajstić information content (AvgIpc) is 2.23. The van der Waals surface area contributed by atoms with E-state index in [-0.39, 0.29) is 10.8 Å². The maximum absolute atomic E-state index is 5.54. The van der Waals surface area contributed by atoms with E-state index in [1.807, 2.05) is 6.92 Å². The van der Waals surface area contributed by atoms with E-state index >= 15 is 0 Å². The van der Waals surface area contributed by atoms with Crippen LogP contribution in [0.4, 0.5) is 0 Å². The summed E-state index contributed by atoms with van der Waals surface area (Å²) in [6, 6.07) is 8.04. The Bertz CT molecular complexity index is 359. The monoisotopic (exact) mass is 247 g/mol. The minimum atomic E-state index is 0.127. The predicted octanol–water partition coefficient (Wildman–Crippen LogP) is 4.62. The number of rotatable bonds is 3. The first kappa shape index (κ1) is 15.2. The first-order valence-corrected chi connectivity index (χ1v) is 6.79. The second-order valence-electron chi connectivity index (χ2n) is 6.95. The van der Waals surface area contributed by atoms with E-state index in [1.165, 1.54) is 16.7 Å². The molecule has 0 saturated carbocycles. The summed E-state index contributed by atoms with van der Waals surface area (Å²) in [6.45, 7) is 16.9. The van der Waals surface area contributed by atoms with E-state index in [1.54, 1.807) is 0 Å². The van der Waals surface area contributed by atoms with Gasteiger partial charge in [0.1, 0.15) is 0 Å². The fraction of sp³-hybridized carbons (Fsp3) is 0.647. The largest absolute Gasteiger partial charge is 0.377 e. The summed E-state index contributed by atoms with van der Waals surface area (Å²) in [5.41, 5.74) is 4.05. The minimum Gasteiger partial charge on any atom is -0.377 e. The SMILES string of the molecule is CCOCc1cc(C(C)(C)C)[c]c(C(C)(C)C)c1. The Morgan fingerprint density at radius 3 is 1.72 bits per heavy atom. The van der Waals surface area contributed by atoms with Gasteiger partial charge in [0.15, 0.2) is 0 Å². The van der Waals surface area contributed by atoms with Gasteiger partial charge in [0.2, 0.25) is 0 Å². The fourth-order valence-electron chi connectivity index (χ4n) is 1.74. The molecule has 0 bridgehead atoms. The van der Waals surface area contributed by atoms with Crippen LogP contribution in [0.3, 0.4) is 0 Å². The van der Waals surface area contributed by atoms with Crippen molar-refractivity contribution in [1.29, 1.82) is 0 Å². The fourth-order valence-corrected chi connectivity index (χ4v) is 1.74. The average molecular weight is 247 g/mol. The summed E-state index contributed by atoms with van der Waals surface area (Å²) in [5, 5.41) is 0. The zero-order valence-corrected chi connectivity index (χ0v) is 13.0. The Morgan fingerprint density at radius 1 is 0.944 bits per heavy atom. The molecule has 0 atom stereocenters. The maximum atomic E-state index is 5.54. The van der Waals surface area contributed by atoms with E-state index in [0.29, 0.717) is 6.61 Å². The highest BCUT2D eigenvalue weighted by atomic mass is 16.5. The second kappa shape index (κ2) is 5.44. The molecule has 0 aliphatic carbocycles. The summed E-state index contributed by atoms with van der Waals surface area (Å²) in [6.07, 6.45) is 0. The lowest BCUT2D eigenvalue weighted by Gasteiger charge is -2.25.